The molecule has 1 aliphatic heterocycles. The first kappa shape index (κ1) is 15.0. The summed E-state index contributed by atoms with van der Waals surface area (Å²) in [5, 5.41) is 0. The second-order valence-electron chi connectivity index (χ2n) is 5.06. The van der Waals surface area contributed by atoms with Crippen LogP contribution < -0.4 is 0 Å². The molecular formula is C18H15NO4. The average molecular weight is 309 g/mol. The van der Waals surface area contributed by atoms with Gasteiger partial charge < -0.3 is 9.47 Å². The van der Waals surface area contributed by atoms with E-state index in [0.717, 1.165) is 0 Å². The van der Waals surface area contributed by atoms with Crippen molar-refractivity contribution in [1.82, 2.24) is 0 Å². The van der Waals surface area contributed by atoms with Gasteiger partial charge >= 0.3 is 11.9 Å². The summed E-state index contributed by atoms with van der Waals surface area (Å²) in [6.45, 7) is 0.283. The monoisotopic (exact) mass is 309 g/mol. The topological polar surface area (TPSA) is 65.0 Å². The van der Waals surface area contributed by atoms with E-state index in [-0.39, 0.29) is 6.54 Å². The minimum Gasteiger partial charge on any atom is -0.452 e. The summed E-state index contributed by atoms with van der Waals surface area (Å²) in [5.74, 6) is -0.924. The average Bonchev–Trinajstić information content (AvgIpc) is 3.03. The fourth-order valence-corrected chi connectivity index (χ4v) is 2.22. The molecular weight excluding hydrogens is 294 g/mol. The van der Waals surface area contributed by atoms with Crippen LogP contribution in [-0.4, -0.2) is 36.9 Å². The van der Waals surface area contributed by atoms with Crippen molar-refractivity contribution in [2.24, 2.45) is 4.99 Å². The van der Waals surface area contributed by atoms with Gasteiger partial charge in [-0.3, -0.25) is 4.99 Å². The lowest BCUT2D eigenvalue weighted by Crippen LogP contribution is -2.34. The molecule has 0 saturated carbocycles. The number of rotatable bonds is 4. The smallest absolute Gasteiger partial charge is 0.338 e. The third-order valence-corrected chi connectivity index (χ3v) is 3.42. The Hall–Kier alpha value is -2.95. The Morgan fingerprint density at radius 3 is 1.91 bits per heavy atom. The van der Waals surface area contributed by atoms with Gasteiger partial charge in [0.1, 0.15) is 0 Å². The summed E-state index contributed by atoms with van der Waals surface area (Å²) in [7, 11) is 0. The van der Waals surface area contributed by atoms with Crippen molar-refractivity contribution >= 4 is 18.2 Å². The maximum atomic E-state index is 12.1. The van der Waals surface area contributed by atoms with Gasteiger partial charge in [0.05, 0.1) is 17.7 Å². The highest BCUT2D eigenvalue weighted by atomic mass is 16.6. The first-order chi connectivity index (χ1) is 11.2. The summed E-state index contributed by atoms with van der Waals surface area (Å²) in [4.78, 5) is 28.2. The van der Waals surface area contributed by atoms with Gasteiger partial charge in [-0.2, -0.15) is 0 Å². The second kappa shape index (κ2) is 6.87. The van der Waals surface area contributed by atoms with Crippen LogP contribution in [0.5, 0.6) is 0 Å². The van der Waals surface area contributed by atoms with E-state index in [1.54, 1.807) is 48.5 Å². The van der Waals surface area contributed by atoms with Crippen LogP contribution in [0.4, 0.5) is 0 Å². The Kier molecular flexibility index (Phi) is 4.47. The van der Waals surface area contributed by atoms with Gasteiger partial charge in [0.25, 0.3) is 0 Å². The van der Waals surface area contributed by atoms with Crippen molar-refractivity contribution < 1.29 is 19.1 Å². The highest BCUT2D eigenvalue weighted by Crippen LogP contribution is 2.15. The summed E-state index contributed by atoms with van der Waals surface area (Å²) >= 11 is 0. The normalized spacial score (nSPS) is 19.3. The van der Waals surface area contributed by atoms with E-state index < -0.39 is 24.1 Å². The molecule has 116 valence electrons. The van der Waals surface area contributed by atoms with E-state index in [0.29, 0.717) is 11.1 Å². The van der Waals surface area contributed by atoms with Crippen molar-refractivity contribution in [2.75, 3.05) is 6.54 Å². The largest absolute Gasteiger partial charge is 0.452 e. The van der Waals surface area contributed by atoms with Crippen molar-refractivity contribution in [1.29, 1.82) is 0 Å². The molecule has 0 amide bonds. The molecule has 5 nitrogen and oxygen atoms in total. The molecule has 5 heteroatoms. The quantitative estimate of drug-likeness (QED) is 0.814. The molecule has 1 aliphatic rings. The Labute approximate surface area is 133 Å². The molecule has 0 N–H and O–H groups in total. The number of hydrogen-bond donors (Lipinski definition) is 0. The standard InChI is InChI=1S/C18H15NO4/c20-17(13-7-3-1-4-8-13)22-15-11-19-12-16(15)23-18(21)14-9-5-2-6-10-14/h1-11,15-16H,12H2/t15-,16-/m0/s1. The predicted molar refractivity (Wildman–Crippen MR) is 84.7 cm³/mol. The zero-order valence-corrected chi connectivity index (χ0v) is 12.3. The maximum absolute atomic E-state index is 12.1. The van der Waals surface area contributed by atoms with Crippen molar-refractivity contribution in [3.05, 3.63) is 71.8 Å². The SMILES string of the molecule is O=C(O[C@H]1C=NC[C@@H]1OC(=O)c1ccccc1)c1ccccc1. The highest BCUT2D eigenvalue weighted by Gasteiger charge is 2.31. The minimum atomic E-state index is -0.671. The van der Waals surface area contributed by atoms with E-state index in [1.165, 1.54) is 6.21 Å². The van der Waals surface area contributed by atoms with Gasteiger partial charge in [0.15, 0.2) is 12.2 Å². The van der Waals surface area contributed by atoms with Crippen LogP contribution in [0.25, 0.3) is 0 Å². The zero-order chi connectivity index (χ0) is 16.1. The molecule has 23 heavy (non-hydrogen) atoms. The molecule has 2 aromatic rings. The highest BCUT2D eigenvalue weighted by molar-refractivity contribution is 5.91. The van der Waals surface area contributed by atoms with Gasteiger partial charge in [0.2, 0.25) is 0 Å². The molecule has 0 saturated heterocycles. The molecule has 0 spiro atoms. The Bertz CT molecular complexity index is 712. The molecule has 3 rings (SSSR count). The number of carbonyl (C=O) groups is 2. The molecule has 0 aliphatic carbocycles. The molecule has 1 heterocycles. The molecule has 2 aromatic carbocycles. The molecule has 0 fully saturated rings. The lowest BCUT2D eigenvalue weighted by Gasteiger charge is -2.19. The number of benzene rings is 2. The van der Waals surface area contributed by atoms with Crippen LogP contribution >= 0.6 is 0 Å². The van der Waals surface area contributed by atoms with E-state index in [2.05, 4.69) is 4.99 Å². The number of nitrogens with zero attached hydrogens (tertiary/aromatic N) is 1. The van der Waals surface area contributed by atoms with Crippen LogP contribution in [0.2, 0.25) is 0 Å². The molecule has 2 atom stereocenters. The van der Waals surface area contributed by atoms with E-state index in [4.69, 9.17) is 9.47 Å². The van der Waals surface area contributed by atoms with Gasteiger partial charge in [-0.1, -0.05) is 36.4 Å². The van der Waals surface area contributed by atoms with Crippen LogP contribution in [-0.2, 0) is 9.47 Å². The number of hydrogen-bond acceptors (Lipinski definition) is 5. The van der Waals surface area contributed by atoms with Crippen molar-refractivity contribution in [2.45, 2.75) is 12.2 Å². The summed E-state index contributed by atoms with van der Waals surface area (Å²) in [5.41, 5.74) is 0.897. The fourth-order valence-electron chi connectivity index (χ4n) is 2.22. The summed E-state index contributed by atoms with van der Waals surface area (Å²) < 4.78 is 10.8. The first-order valence-corrected chi connectivity index (χ1v) is 7.26. The van der Waals surface area contributed by atoms with Gasteiger partial charge in [-0.25, -0.2) is 9.59 Å². The lowest BCUT2D eigenvalue weighted by molar-refractivity contribution is -0.00759. The van der Waals surface area contributed by atoms with Gasteiger partial charge in [0, 0.05) is 6.21 Å². The molecule has 0 bridgehead atoms. The number of ether oxygens (including phenoxy) is 2. The Morgan fingerprint density at radius 1 is 0.826 bits per heavy atom. The van der Waals surface area contributed by atoms with Crippen LogP contribution in [0.3, 0.4) is 0 Å². The fraction of sp³-hybridized carbons (Fsp3) is 0.167. The van der Waals surface area contributed by atoms with E-state index >= 15 is 0 Å². The second-order valence-corrected chi connectivity index (χ2v) is 5.06. The number of aliphatic imine (C=N–C) groups is 1. The van der Waals surface area contributed by atoms with Crippen molar-refractivity contribution in [3.63, 3.8) is 0 Å². The molecule has 0 unspecified atom stereocenters. The zero-order valence-electron chi connectivity index (χ0n) is 12.3. The molecule has 0 radical (unpaired) electrons. The third-order valence-electron chi connectivity index (χ3n) is 3.42. The summed E-state index contributed by atoms with van der Waals surface area (Å²) in [6, 6.07) is 17.3. The van der Waals surface area contributed by atoms with Gasteiger partial charge in [-0.15, -0.1) is 0 Å². The third kappa shape index (κ3) is 3.63. The number of esters is 2. The predicted octanol–water partition coefficient (Wildman–Crippen LogP) is 2.52. The maximum Gasteiger partial charge on any atom is 0.338 e. The Morgan fingerprint density at radius 2 is 1.35 bits per heavy atom. The van der Waals surface area contributed by atoms with Crippen molar-refractivity contribution in [3.8, 4) is 0 Å². The van der Waals surface area contributed by atoms with Crippen LogP contribution in [0.1, 0.15) is 20.7 Å². The van der Waals surface area contributed by atoms with Crippen LogP contribution in [0.15, 0.2) is 65.7 Å². The number of carbonyl (C=O) groups excluding carboxylic acids is 2. The van der Waals surface area contributed by atoms with E-state index in [1.807, 2.05) is 12.1 Å². The van der Waals surface area contributed by atoms with E-state index in [9.17, 15) is 9.59 Å². The molecule has 0 aromatic heterocycles. The van der Waals surface area contributed by atoms with Crippen LogP contribution in [0, 0.1) is 0 Å². The Balaban J connectivity index is 1.63. The minimum absolute atomic E-state index is 0.283. The lowest BCUT2D eigenvalue weighted by atomic mass is 10.2. The van der Waals surface area contributed by atoms with Gasteiger partial charge in [-0.05, 0) is 24.3 Å². The summed E-state index contributed by atoms with van der Waals surface area (Å²) in [6.07, 6.45) is 0.231. The first-order valence-electron chi connectivity index (χ1n) is 7.26.